The molecule has 1 fully saturated rings. The van der Waals surface area contributed by atoms with Crippen molar-refractivity contribution < 1.29 is 4.52 Å². The van der Waals surface area contributed by atoms with E-state index in [9.17, 15) is 0 Å². The zero-order chi connectivity index (χ0) is 18.2. The van der Waals surface area contributed by atoms with Crippen LogP contribution in [0, 0.1) is 11.8 Å². The first kappa shape index (κ1) is 23.2. The minimum atomic E-state index is 0. The highest BCUT2D eigenvalue weighted by molar-refractivity contribution is 14.0. The number of nitrogens with one attached hydrogen (secondary N) is 2. The monoisotopic (exact) mass is 477 g/mol. The molecule has 2 rings (SSSR count). The lowest BCUT2D eigenvalue weighted by molar-refractivity contribution is 0.250. The number of rotatable bonds is 7. The first-order valence-corrected chi connectivity index (χ1v) is 9.79. The summed E-state index contributed by atoms with van der Waals surface area (Å²) < 4.78 is 5.28. The van der Waals surface area contributed by atoms with E-state index in [0.29, 0.717) is 12.0 Å². The van der Waals surface area contributed by atoms with Crippen LogP contribution < -0.4 is 10.6 Å². The third kappa shape index (κ3) is 7.40. The van der Waals surface area contributed by atoms with E-state index >= 15 is 0 Å². The van der Waals surface area contributed by atoms with Crippen molar-refractivity contribution in [3.05, 3.63) is 11.7 Å². The molecule has 0 amide bonds. The Morgan fingerprint density at radius 3 is 2.42 bits per heavy atom. The van der Waals surface area contributed by atoms with Crippen LogP contribution >= 0.6 is 24.0 Å². The lowest BCUT2D eigenvalue weighted by Gasteiger charge is -2.32. The summed E-state index contributed by atoms with van der Waals surface area (Å²) in [6, 6.07) is 0.547. The molecule has 1 aromatic heterocycles. The summed E-state index contributed by atoms with van der Waals surface area (Å²) in [5.74, 6) is 4.42. The van der Waals surface area contributed by atoms with E-state index in [4.69, 9.17) is 4.52 Å². The third-order valence-electron chi connectivity index (χ3n) is 5.14. The van der Waals surface area contributed by atoms with Crippen molar-refractivity contribution in [3.8, 4) is 0 Å². The number of nitrogens with zero attached hydrogens (tertiary/aromatic N) is 3. The molecule has 0 saturated heterocycles. The van der Waals surface area contributed by atoms with Crippen molar-refractivity contribution in [2.45, 2.75) is 78.2 Å². The van der Waals surface area contributed by atoms with Crippen molar-refractivity contribution >= 4 is 29.9 Å². The van der Waals surface area contributed by atoms with Crippen LogP contribution in [-0.4, -0.2) is 35.7 Å². The Bertz CT molecular complexity index is 536. The number of hydrogen-bond donors (Lipinski definition) is 2. The predicted molar refractivity (Wildman–Crippen MR) is 117 cm³/mol. The van der Waals surface area contributed by atoms with Gasteiger partial charge < -0.3 is 15.2 Å². The van der Waals surface area contributed by atoms with Gasteiger partial charge in [-0.1, -0.05) is 32.9 Å². The average molecular weight is 477 g/mol. The number of hydrogen-bond acceptors (Lipinski definition) is 4. The highest BCUT2D eigenvalue weighted by Gasteiger charge is 2.23. The van der Waals surface area contributed by atoms with Crippen LogP contribution in [0.15, 0.2) is 9.52 Å². The summed E-state index contributed by atoms with van der Waals surface area (Å²) in [5.41, 5.74) is 0. The van der Waals surface area contributed by atoms with Crippen LogP contribution in [0.1, 0.15) is 77.4 Å². The second-order valence-corrected chi connectivity index (χ2v) is 7.80. The maximum Gasteiger partial charge on any atom is 0.226 e. The number of aryl methyl sites for hydroxylation is 1. The summed E-state index contributed by atoms with van der Waals surface area (Å²) in [7, 11) is 1.84. The molecular weight excluding hydrogens is 441 g/mol. The van der Waals surface area contributed by atoms with E-state index in [1.54, 1.807) is 0 Å². The second kappa shape index (κ2) is 11.8. The van der Waals surface area contributed by atoms with Crippen LogP contribution in [0.4, 0.5) is 0 Å². The van der Waals surface area contributed by atoms with E-state index in [1.807, 2.05) is 7.05 Å². The van der Waals surface area contributed by atoms with E-state index in [-0.39, 0.29) is 24.0 Å². The smallest absolute Gasteiger partial charge is 0.226 e. The maximum atomic E-state index is 5.28. The third-order valence-corrected chi connectivity index (χ3v) is 5.14. The molecule has 0 spiro atoms. The summed E-state index contributed by atoms with van der Waals surface area (Å²) in [5, 5.41) is 11.0. The lowest BCUT2D eigenvalue weighted by Crippen LogP contribution is -2.45. The largest absolute Gasteiger partial charge is 0.356 e. The molecule has 6 nitrogen and oxygen atoms in total. The van der Waals surface area contributed by atoms with E-state index in [1.165, 1.54) is 25.7 Å². The summed E-state index contributed by atoms with van der Waals surface area (Å²) in [6.45, 7) is 9.67. The van der Waals surface area contributed by atoms with Gasteiger partial charge in [-0.05, 0) is 43.9 Å². The molecule has 150 valence electrons. The normalized spacial score (nSPS) is 21.0. The first-order valence-electron chi connectivity index (χ1n) is 9.79. The summed E-state index contributed by atoms with van der Waals surface area (Å²) >= 11 is 0. The Morgan fingerprint density at radius 2 is 1.88 bits per heavy atom. The van der Waals surface area contributed by atoms with Crippen molar-refractivity contribution in [1.29, 1.82) is 0 Å². The van der Waals surface area contributed by atoms with Crippen LogP contribution in [-0.2, 0) is 6.42 Å². The first-order chi connectivity index (χ1) is 12.0. The van der Waals surface area contributed by atoms with Crippen molar-refractivity contribution in [2.24, 2.45) is 16.8 Å². The molecule has 1 heterocycles. The van der Waals surface area contributed by atoms with Gasteiger partial charge in [0.15, 0.2) is 11.8 Å². The van der Waals surface area contributed by atoms with E-state index in [2.05, 4.69) is 53.5 Å². The fraction of sp³-hybridized carbons (Fsp3) is 0.842. The quantitative estimate of drug-likeness (QED) is 0.268. The molecule has 26 heavy (non-hydrogen) atoms. The van der Waals surface area contributed by atoms with Crippen molar-refractivity contribution in [2.75, 3.05) is 13.6 Å². The van der Waals surface area contributed by atoms with Crippen molar-refractivity contribution in [1.82, 2.24) is 20.8 Å². The van der Waals surface area contributed by atoms with Gasteiger partial charge in [0.1, 0.15) is 0 Å². The van der Waals surface area contributed by atoms with Gasteiger partial charge in [0.25, 0.3) is 0 Å². The lowest BCUT2D eigenvalue weighted by atomic mass is 9.80. The molecule has 7 heteroatoms. The molecular formula is C19H36IN5O. The molecule has 0 bridgehead atoms. The highest BCUT2D eigenvalue weighted by Crippen LogP contribution is 2.29. The number of aromatic nitrogens is 2. The Labute approximate surface area is 175 Å². The number of aliphatic imine (C=N–C) groups is 1. The van der Waals surface area contributed by atoms with Gasteiger partial charge in [-0.2, -0.15) is 4.98 Å². The molecule has 1 aliphatic rings. The van der Waals surface area contributed by atoms with Crippen LogP contribution in [0.25, 0.3) is 0 Å². The SMILES string of the molecule is CN=C(NCCCc1nc(C(C)C)no1)NC1CCC(C(C)C)CC1.I. The summed E-state index contributed by atoms with van der Waals surface area (Å²) in [4.78, 5) is 8.76. The Morgan fingerprint density at radius 1 is 1.19 bits per heavy atom. The Kier molecular flexibility index (Phi) is 10.5. The van der Waals surface area contributed by atoms with Crippen LogP contribution in [0.5, 0.6) is 0 Å². The van der Waals surface area contributed by atoms with Crippen LogP contribution in [0.3, 0.4) is 0 Å². The maximum absolute atomic E-state index is 5.28. The van der Waals surface area contributed by atoms with Crippen LogP contribution in [0.2, 0.25) is 0 Å². The predicted octanol–water partition coefficient (Wildman–Crippen LogP) is 4.12. The summed E-state index contributed by atoms with van der Waals surface area (Å²) in [6.07, 6.45) is 6.86. The van der Waals surface area contributed by atoms with Gasteiger partial charge in [0.2, 0.25) is 5.89 Å². The fourth-order valence-corrected chi connectivity index (χ4v) is 3.37. The average Bonchev–Trinajstić information content (AvgIpc) is 3.07. The van der Waals surface area contributed by atoms with E-state index in [0.717, 1.165) is 48.9 Å². The van der Waals surface area contributed by atoms with Gasteiger partial charge in [-0.15, -0.1) is 24.0 Å². The zero-order valence-corrected chi connectivity index (χ0v) is 19.2. The van der Waals surface area contributed by atoms with Gasteiger partial charge in [-0.3, -0.25) is 4.99 Å². The van der Waals surface area contributed by atoms with Gasteiger partial charge >= 0.3 is 0 Å². The molecule has 0 atom stereocenters. The van der Waals surface area contributed by atoms with E-state index < -0.39 is 0 Å². The molecule has 0 radical (unpaired) electrons. The molecule has 0 aromatic carbocycles. The number of guanidine groups is 1. The highest BCUT2D eigenvalue weighted by atomic mass is 127. The molecule has 1 aliphatic carbocycles. The minimum Gasteiger partial charge on any atom is -0.356 e. The second-order valence-electron chi connectivity index (χ2n) is 7.80. The topological polar surface area (TPSA) is 75.3 Å². The zero-order valence-electron chi connectivity index (χ0n) is 16.9. The number of halogens is 1. The van der Waals surface area contributed by atoms with Gasteiger partial charge in [0, 0.05) is 32.0 Å². The minimum absolute atomic E-state index is 0. The standard InChI is InChI=1S/C19H35N5O.HI/c1-13(2)15-8-10-16(11-9-15)22-19(20-5)21-12-6-7-17-23-18(14(3)4)24-25-17;/h13-16H,6-12H2,1-5H3,(H2,20,21,22);1H. The van der Waals surface area contributed by atoms with Gasteiger partial charge in [-0.25, -0.2) is 0 Å². The molecule has 0 aliphatic heterocycles. The molecule has 1 aromatic rings. The molecule has 1 saturated carbocycles. The molecule has 0 unspecified atom stereocenters. The Balaban J connectivity index is 0.00000338. The Hall–Kier alpha value is -0.860. The van der Waals surface area contributed by atoms with Gasteiger partial charge in [0.05, 0.1) is 0 Å². The van der Waals surface area contributed by atoms with Crippen molar-refractivity contribution in [3.63, 3.8) is 0 Å². The fourth-order valence-electron chi connectivity index (χ4n) is 3.37. The molecule has 2 N–H and O–H groups in total.